The summed E-state index contributed by atoms with van der Waals surface area (Å²) in [6, 6.07) is 4.31. The minimum absolute atomic E-state index is 0.238. The molecule has 0 spiro atoms. The van der Waals surface area contributed by atoms with E-state index in [1.807, 2.05) is 16.2 Å². The zero-order valence-electron chi connectivity index (χ0n) is 11.9. The molecule has 0 N–H and O–H groups in total. The lowest BCUT2D eigenvalue weighted by Crippen LogP contribution is -2.37. The highest BCUT2D eigenvalue weighted by Gasteiger charge is 2.33. The Hall–Kier alpha value is -0.520. The van der Waals surface area contributed by atoms with Crippen LogP contribution >= 0.6 is 23.1 Å². The molecule has 106 valence electrons. The van der Waals surface area contributed by atoms with Crippen LogP contribution in [0.4, 0.5) is 0 Å². The van der Waals surface area contributed by atoms with E-state index in [9.17, 15) is 4.79 Å². The van der Waals surface area contributed by atoms with Crippen LogP contribution in [-0.4, -0.2) is 47.6 Å². The van der Waals surface area contributed by atoms with Gasteiger partial charge in [0.25, 0.3) is 0 Å². The van der Waals surface area contributed by atoms with Crippen LogP contribution in [0.25, 0.3) is 0 Å². The first kappa shape index (κ1) is 14.9. The molecular formula is C14H22N2OS2. The van der Waals surface area contributed by atoms with Crippen molar-refractivity contribution in [2.45, 2.75) is 26.1 Å². The molecule has 1 atom stereocenters. The van der Waals surface area contributed by atoms with Crippen molar-refractivity contribution in [2.24, 2.45) is 0 Å². The van der Waals surface area contributed by atoms with Crippen molar-refractivity contribution in [3.8, 4) is 0 Å². The average Bonchev–Trinajstić information content (AvgIpc) is 2.98. The van der Waals surface area contributed by atoms with Crippen LogP contribution in [0.2, 0.25) is 0 Å². The predicted molar refractivity (Wildman–Crippen MR) is 83.8 cm³/mol. The highest BCUT2D eigenvalue weighted by molar-refractivity contribution is 8.00. The van der Waals surface area contributed by atoms with Crippen molar-refractivity contribution in [3.05, 3.63) is 21.9 Å². The quantitative estimate of drug-likeness (QED) is 0.806. The molecule has 1 saturated heterocycles. The molecule has 19 heavy (non-hydrogen) atoms. The molecule has 2 rings (SSSR count). The molecule has 1 aromatic heterocycles. The largest absolute Gasteiger partial charge is 0.324 e. The second-order valence-electron chi connectivity index (χ2n) is 4.73. The smallest absolute Gasteiger partial charge is 0.233 e. The number of likely N-dealkylation sites (N-methyl/N-ethyl adjacent to an activating group) is 1. The van der Waals surface area contributed by atoms with Gasteiger partial charge in [-0.1, -0.05) is 13.8 Å². The number of hydrogen-bond acceptors (Lipinski definition) is 4. The molecule has 0 saturated carbocycles. The number of amides is 1. The number of aryl methyl sites for hydroxylation is 1. The lowest BCUT2D eigenvalue weighted by molar-refractivity contribution is -0.128. The monoisotopic (exact) mass is 298 g/mol. The number of rotatable bonds is 6. The van der Waals surface area contributed by atoms with E-state index >= 15 is 0 Å². The van der Waals surface area contributed by atoms with E-state index in [1.54, 1.807) is 11.8 Å². The van der Waals surface area contributed by atoms with Crippen LogP contribution in [0.15, 0.2) is 12.1 Å². The van der Waals surface area contributed by atoms with E-state index in [0.717, 1.165) is 26.2 Å². The average molecular weight is 298 g/mol. The van der Waals surface area contributed by atoms with Gasteiger partial charge in [-0.3, -0.25) is 4.79 Å². The standard InChI is InChI=1S/C14H22N2OS2/c1-4-15(5-2)8-9-16-13(17)10-18-14(16)12-7-6-11(3)19-12/h6-7,14H,4-5,8-10H2,1-3H3. The summed E-state index contributed by atoms with van der Waals surface area (Å²) in [6.07, 6.45) is 0. The number of carbonyl (C=O) groups excluding carboxylic acids is 1. The maximum absolute atomic E-state index is 12.0. The summed E-state index contributed by atoms with van der Waals surface area (Å²) in [5, 5.41) is 0.238. The Bertz CT molecular complexity index is 429. The van der Waals surface area contributed by atoms with Gasteiger partial charge in [-0.25, -0.2) is 0 Å². The predicted octanol–water partition coefficient (Wildman–Crippen LogP) is 2.97. The molecule has 1 amide bonds. The number of carbonyl (C=O) groups is 1. The molecule has 0 aliphatic carbocycles. The summed E-state index contributed by atoms with van der Waals surface area (Å²) in [5.41, 5.74) is 0. The molecule has 0 bridgehead atoms. The zero-order valence-corrected chi connectivity index (χ0v) is 13.5. The maximum atomic E-state index is 12.0. The molecule has 5 heteroatoms. The fraction of sp³-hybridized carbons (Fsp3) is 0.643. The van der Waals surface area contributed by atoms with E-state index in [2.05, 4.69) is 37.8 Å². The second-order valence-corrected chi connectivity index (χ2v) is 7.11. The van der Waals surface area contributed by atoms with Crippen molar-refractivity contribution < 1.29 is 4.79 Å². The Morgan fingerprint density at radius 2 is 2.11 bits per heavy atom. The van der Waals surface area contributed by atoms with E-state index in [4.69, 9.17) is 0 Å². The minimum Gasteiger partial charge on any atom is -0.324 e. The Kier molecular flexibility index (Phi) is 5.30. The van der Waals surface area contributed by atoms with E-state index < -0.39 is 0 Å². The molecule has 1 fully saturated rings. The molecule has 1 unspecified atom stereocenters. The summed E-state index contributed by atoms with van der Waals surface area (Å²) >= 11 is 3.57. The third kappa shape index (κ3) is 3.52. The first-order valence-corrected chi connectivity index (χ1v) is 8.72. The first-order valence-electron chi connectivity index (χ1n) is 6.85. The molecule has 1 aliphatic rings. The van der Waals surface area contributed by atoms with Gasteiger partial charge in [0.15, 0.2) is 0 Å². The van der Waals surface area contributed by atoms with Crippen LogP contribution in [0.5, 0.6) is 0 Å². The van der Waals surface area contributed by atoms with Gasteiger partial charge in [0.05, 0.1) is 5.75 Å². The van der Waals surface area contributed by atoms with Gasteiger partial charge in [0.1, 0.15) is 5.37 Å². The van der Waals surface area contributed by atoms with Crippen molar-refractivity contribution >= 4 is 29.0 Å². The molecule has 2 heterocycles. The highest BCUT2D eigenvalue weighted by Crippen LogP contribution is 2.41. The van der Waals surface area contributed by atoms with Crippen molar-refractivity contribution in [3.63, 3.8) is 0 Å². The molecule has 0 radical (unpaired) electrons. The topological polar surface area (TPSA) is 23.6 Å². The number of nitrogens with zero attached hydrogens (tertiary/aromatic N) is 2. The lowest BCUT2D eigenvalue weighted by Gasteiger charge is -2.26. The minimum atomic E-state index is 0.238. The second kappa shape index (κ2) is 6.77. The van der Waals surface area contributed by atoms with Crippen molar-refractivity contribution in [1.82, 2.24) is 9.80 Å². The fourth-order valence-electron chi connectivity index (χ4n) is 2.31. The first-order chi connectivity index (χ1) is 9.15. The van der Waals surface area contributed by atoms with Crippen LogP contribution in [0.3, 0.4) is 0 Å². The SMILES string of the molecule is CCN(CC)CCN1C(=O)CSC1c1ccc(C)s1. The van der Waals surface area contributed by atoms with Gasteiger partial charge in [-0.2, -0.15) is 0 Å². The van der Waals surface area contributed by atoms with Gasteiger partial charge in [-0.05, 0) is 32.1 Å². The number of thioether (sulfide) groups is 1. The van der Waals surface area contributed by atoms with Gasteiger partial charge >= 0.3 is 0 Å². The molecule has 1 aliphatic heterocycles. The number of thiophene rings is 1. The van der Waals surface area contributed by atoms with Crippen LogP contribution in [-0.2, 0) is 4.79 Å². The summed E-state index contributed by atoms with van der Waals surface area (Å²) in [6.45, 7) is 10.4. The molecule has 3 nitrogen and oxygen atoms in total. The van der Waals surface area contributed by atoms with E-state index in [1.165, 1.54) is 9.75 Å². The van der Waals surface area contributed by atoms with Crippen molar-refractivity contribution in [2.75, 3.05) is 31.9 Å². The normalized spacial score (nSPS) is 19.7. The molecule has 0 aromatic carbocycles. The van der Waals surface area contributed by atoms with Gasteiger partial charge in [-0.15, -0.1) is 23.1 Å². The van der Waals surface area contributed by atoms with Crippen molar-refractivity contribution in [1.29, 1.82) is 0 Å². The summed E-state index contributed by atoms with van der Waals surface area (Å²) in [4.78, 5) is 19.1. The Morgan fingerprint density at radius 1 is 1.37 bits per heavy atom. The van der Waals surface area contributed by atoms with Crippen LogP contribution < -0.4 is 0 Å². The van der Waals surface area contributed by atoms with E-state index in [-0.39, 0.29) is 11.3 Å². The van der Waals surface area contributed by atoms with Gasteiger partial charge < -0.3 is 9.80 Å². The molecular weight excluding hydrogens is 276 g/mol. The lowest BCUT2D eigenvalue weighted by atomic mass is 10.3. The summed E-state index contributed by atoms with van der Waals surface area (Å²) < 4.78 is 0. The zero-order chi connectivity index (χ0) is 13.8. The number of hydrogen-bond donors (Lipinski definition) is 0. The Morgan fingerprint density at radius 3 is 2.68 bits per heavy atom. The van der Waals surface area contributed by atoms with Crippen LogP contribution in [0.1, 0.15) is 29.0 Å². The summed E-state index contributed by atoms with van der Waals surface area (Å²) in [5.74, 6) is 0.910. The highest BCUT2D eigenvalue weighted by atomic mass is 32.2. The third-order valence-electron chi connectivity index (χ3n) is 3.52. The third-order valence-corrected chi connectivity index (χ3v) is 5.96. The van der Waals surface area contributed by atoms with Crippen LogP contribution in [0, 0.1) is 6.92 Å². The maximum Gasteiger partial charge on any atom is 0.233 e. The summed E-state index contributed by atoms with van der Waals surface area (Å²) in [7, 11) is 0. The Labute approximate surface area is 124 Å². The fourth-order valence-corrected chi connectivity index (χ4v) is 4.64. The molecule has 1 aromatic rings. The Balaban J connectivity index is 2.01. The van der Waals surface area contributed by atoms with Gasteiger partial charge in [0.2, 0.25) is 5.91 Å². The van der Waals surface area contributed by atoms with Gasteiger partial charge in [0, 0.05) is 22.8 Å². The van der Waals surface area contributed by atoms with E-state index in [0.29, 0.717) is 5.75 Å².